The highest BCUT2D eigenvalue weighted by Crippen LogP contribution is 2.32. The number of nitrogens with zero attached hydrogens (tertiary/aromatic N) is 1. The Bertz CT molecular complexity index is 625. The van der Waals surface area contributed by atoms with Crippen molar-refractivity contribution >= 4 is 23.4 Å². The number of hydrogen-bond acceptors (Lipinski definition) is 2. The van der Waals surface area contributed by atoms with Gasteiger partial charge < -0.3 is 10.2 Å². The van der Waals surface area contributed by atoms with Gasteiger partial charge in [-0.3, -0.25) is 9.59 Å². The molecule has 1 N–H and O–H groups in total. The van der Waals surface area contributed by atoms with Crippen LogP contribution in [0.2, 0.25) is 0 Å². The van der Waals surface area contributed by atoms with Crippen molar-refractivity contribution in [2.24, 2.45) is 0 Å². The molecule has 3 rings (SSSR count). The normalized spacial score (nSPS) is 19.5. The maximum Gasteiger partial charge on any atom is 0.247 e. The van der Waals surface area contributed by atoms with Gasteiger partial charge in [0.15, 0.2) is 0 Å². The third-order valence-corrected chi connectivity index (χ3v) is 5.76. The molecule has 0 aliphatic heterocycles. The van der Waals surface area contributed by atoms with Crippen LogP contribution in [0.25, 0.3) is 0 Å². The molecule has 0 spiro atoms. The summed E-state index contributed by atoms with van der Waals surface area (Å²) in [6.45, 7) is 0. The van der Waals surface area contributed by atoms with E-state index in [1.165, 1.54) is 12.1 Å². The molecule has 0 bridgehead atoms. The second-order valence-electron chi connectivity index (χ2n) is 7.32. The van der Waals surface area contributed by atoms with Crippen LogP contribution in [0, 0.1) is 5.82 Å². The molecule has 0 radical (unpaired) electrons. The Kier molecular flexibility index (Phi) is 6.52. The van der Waals surface area contributed by atoms with E-state index in [2.05, 4.69) is 5.32 Å². The summed E-state index contributed by atoms with van der Waals surface area (Å²) in [6.07, 6.45) is 7.98. The average molecular weight is 381 g/mol. The maximum atomic E-state index is 13.4. The number of rotatable bonds is 6. The van der Waals surface area contributed by atoms with Crippen LogP contribution in [0.3, 0.4) is 0 Å². The molecule has 1 aromatic carbocycles. The minimum Gasteiger partial charge on any atom is -0.351 e. The van der Waals surface area contributed by atoms with Crippen molar-refractivity contribution in [1.82, 2.24) is 10.2 Å². The first kappa shape index (κ1) is 19.2. The molecule has 0 heterocycles. The third-order valence-electron chi connectivity index (χ3n) is 5.53. The minimum atomic E-state index is -0.759. The molecule has 26 heavy (non-hydrogen) atoms. The van der Waals surface area contributed by atoms with Crippen molar-refractivity contribution in [3.63, 3.8) is 0 Å². The van der Waals surface area contributed by atoms with Gasteiger partial charge in [-0.25, -0.2) is 4.39 Å². The van der Waals surface area contributed by atoms with Crippen molar-refractivity contribution in [2.45, 2.75) is 69.5 Å². The number of benzene rings is 1. The van der Waals surface area contributed by atoms with E-state index in [9.17, 15) is 14.0 Å². The lowest BCUT2D eigenvalue weighted by molar-refractivity contribution is -0.142. The molecule has 2 saturated carbocycles. The fourth-order valence-electron chi connectivity index (χ4n) is 4.24. The van der Waals surface area contributed by atoms with Gasteiger partial charge in [0.1, 0.15) is 17.7 Å². The predicted octanol–water partition coefficient (Wildman–Crippen LogP) is 3.94. The second-order valence-corrected chi connectivity index (χ2v) is 7.58. The number of halogens is 2. The molecule has 0 unspecified atom stereocenters. The Morgan fingerprint density at radius 1 is 1.08 bits per heavy atom. The fourth-order valence-corrected chi connectivity index (χ4v) is 4.38. The number of hydrogen-bond donors (Lipinski definition) is 1. The highest BCUT2D eigenvalue weighted by molar-refractivity contribution is 6.27. The first-order valence-electron chi connectivity index (χ1n) is 9.53. The standard InChI is InChI=1S/C20H26ClFN2O2/c21-13-18(25)24(17-7-3-4-8-17)19(14-9-11-15(22)12-10-14)20(26)23-16-5-1-2-6-16/h9-12,16-17,19H,1-8,13H2,(H,23,26)/t19-/m1/s1. The molecule has 0 aromatic heterocycles. The summed E-state index contributed by atoms with van der Waals surface area (Å²) in [5, 5.41) is 3.11. The van der Waals surface area contributed by atoms with Crippen LogP contribution < -0.4 is 5.32 Å². The molecule has 1 atom stereocenters. The summed E-state index contributed by atoms with van der Waals surface area (Å²) < 4.78 is 13.4. The SMILES string of the molecule is O=C(NC1CCCC1)[C@@H](c1ccc(F)cc1)N(C(=O)CCl)C1CCCC1. The van der Waals surface area contributed by atoms with Gasteiger partial charge in [-0.15, -0.1) is 11.6 Å². The second kappa shape index (κ2) is 8.85. The molecular weight excluding hydrogens is 355 g/mol. The number of alkyl halides is 1. The van der Waals surface area contributed by atoms with Crippen LogP contribution in [0.5, 0.6) is 0 Å². The topological polar surface area (TPSA) is 49.4 Å². The van der Waals surface area contributed by atoms with Gasteiger partial charge in [0.05, 0.1) is 0 Å². The van der Waals surface area contributed by atoms with Gasteiger partial charge in [0.25, 0.3) is 0 Å². The summed E-state index contributed by atoms with van der Waals surface area (Å²) in [7, 11) is 0. The highest BCUT2D eigenvalue weighted by Gasteiger charge is 2.37. The van der Waals surface area contributed by atoms with Gasteiger partial charge >= 0.3 is 0 Å². The highest BCUT2D eigenvalue weighted by atomic mass is 35.5. The van der Waals surface area contributed by atoms with Crippen LogP contribution >= 0.6 is 11.6 Å². The van der Waals surface area contributed by atoms with Crippen molar-refractivity contribution in [2.75, 3.05) is 5.88 Å². The molecule has 142 valence electrons. The first-order valence-corrected chi connectivity index (χ1v) is 10.1. The van der Waals surface area contributed by atoms with E-state index >= 15 is 0 Å². The molecule has 2 aliphatic carbocycles. The maximum absolute atomic E-state index is 13.4. The van der Waals surface area contributed by atoms with Gasteiger partial charge in [0.2, 0.25) is 11.8 Å². The van der Waals surface area contributed by atoms with E-state index in [1.807, 2.05) is 0 Å². The summed E-state index contributed by atoms with van der Waals surface area (Å²) >= 11 is 5.87. The molecule has 0 saturated heterocycles. The van der Waals surface area contributed by atoms with E-state index in [0.717, 1.165) is 51.4 Å². The summed E-state index contributed by atoms with van der Waals surface area (Å²) in [5.74, 6) is -0.951. The van der Waals surface area contributed by atoms with Crippen molar-refractivity contribution in [3.8, 4) is 0 Å². The molecule has 2 aliphatic rings. The largest absolute Gasteiger partial charge is 0.351 e. The lowest BCUT2D eigenvalue weighted by Gasteiger charge is -2.36. The van der Waals surface area contributed by atoms with Crippen molar-refractivity contribution in [1.29, 1.82) is 0 Å². The van der Waals surface area contributed by atoms with Gasteiger partial charge in [-0.05, 0) is 43.4 Å². The van der Waals surface area contributed by atoms with Crippen molar-refractivity contribution < 1.29 is 14.0 Å². The predicted molar refractivity (Wildman–Crippen MR) is 99.4 cm³/mol. The average Bonchev–Trinajstić information content (AvgIpc) is 3.34. The summed E-state index contributed by atoms with van der Waals surface area (Å²) in [4.78, 5) is 27.5. The quantitative estimate of drug-likeness (QED) is 0.760. The summed E-state index contributed by atoms with van der Waals surface area (Å²) in [5.41, 5.74) is 0.632. The molecular formula is C20H26ClFN2O2. The molecule has 1 aromatic rings. The van der Waals surface area contributed by atoms with Gasteiger partial charge in [-0.1, -0.05) is 37.8 Å². The smallest absolute Gasteiger partial charge is 0.247 e. The number of carbonyl (C=O) groups is 2. The van der Waals surface area contributed by atoms with E-state index in [-0.39, 0.29) is 35.6 Å². The number of amides is 2. The van der Waals surface area contributed by atoms with E-state index in [0.29, 0.717) is 5.56 Å². The van der Waals surface area contributed by atoms with Crippen LogP contribution in [-0.2, 0) is 9.59 Å². The Hall–Kier alpha value is -1.62. The van der Waals surface area contributed by atoms with Crippen LogP contribution in [-0.4, -0.2) is 34.7 Å². The Labute approximate surface area is 159 Å². The monoisotopic (exact) mass is 380 g/mol. The Morgan fingerprint density at radius 2 is 1.65 bits per heavy atom. The minimum absolute atomic E-state index is 0.00521. The zero-order valence-electron chi connectivity index (χ0n) is 14.9. The molecule has 4 nitrogen and oxygen atoms in total. The Morgan fingerprint density at radius 3 is 2.23 bits per heavy atom. The zero-order chi connectivity index (χ0) is 18.5. The van der Waals surface area contributed by atoms with Crippen molar-refractivity contribution in [3.05, 3.63) is 35.6 Å². The van der Waals surface area contributed by atoms with Crippen LogP contribution in [0.4, 0.5) is 4.39 Å². The number of carbonyl (C=O) groups excluding carboxylic acids is 2. The third kappa shape index (κ3) is 4.37. The number of nitrogens with one attached hydrogen (secondary N) is 1. The van der Waals surface area contributed by atoms with E-state index in [1.54, 1.807) is 17.0 Å². The van der Waals surface area contributed by atoms with Gasteiger partial charge in [0, 0.05) is 12.1 Å². The molecule has 6 heteroatoms. The fraction of sp³-hybridized carbons (Fsp3) is 0.600. The lowest BCUT2D eigenvalue weighted by Crippen LogP contribution is -2.50. The van der Waals surface area contributed by atoms with Crippen LogP contribution in [0.1, 0.15) is 63.0 Å². The van der Waals surface area contributed by atoms with E-state index < -0.39 is 6.04 Å². The van der Waals surface area contributed by atoms with Gasteiger partial charge in [-0.2, -0.15) is 0 Å². The van der Waals surface area contributed by atoms with Crippen LogP contribution in [0.15, 0.2) is 24.3 Å². The summed E-state index contributed by atoms with van der Waals surface area (Å²) in [6, 6.07) is 5.26. The first-order chi connectivity index (χ1) is 12.6. The molecule has 2 fully saturated rings. The molecule has 2 amide bonds. The zero-order valence-corrected chi connectivity index (χ0v) is 15.7. The Balaban J connectivity index is 1.92. The lowest BCUT2D eigenvalue weighted by atomic mass is 10.0. The van der Waals surface area contributed by atoms with E-state index in [4.69, 9.17) is 11.6 Å².